The highest BCUT2D eigenvalue weighted by Gasteiger charge is 2.10. The second kappa shape index (κ2) is 11.5. The fourth-order valence-electron chi connectivity index (χ4n) is 2.50. The standard InChI is InChI=1S/C19H25BrN4.HI/c1-4-22-19(23-12-10-16-9-11-21-13-14(16)2)24-15(3)17-7-5-6-8-18(17)20;/h5-9,11,13,15H,4,10,12H2,1-3H3,(H2,22,23,24);1H. The van der Waals surface area contributed by atoms with Gasteiger partial charge in [-0.05, 0) is 56.0 Å². The Bertz CT molecular complexity index is 691. The third-order valence-electron chi connectivity index (χ3n) is 3.86. The molecule has 25 heavy (non-hydrogen) atoms. The van der Waals surface area contributed by atoms with Crippen LogP contribution in [0.4, 0.5) is 0 Å². The van der Waals surface area contributed by atoms with Crippen LogP contribution in [0.5, 0.6) is 0 Å². The first-order chi connectivity index (χ1) is 11.6. The molecule has 2 aromatic rings. The Hall–Kier alpha value is -1.15. The smallest absolute Gasteiger partial charge is 0.191 e. The van der Waals surface area contributed by atoms with E-state index in [-0.39, 0.29) is 30.0 Å². The normalized spacial score (nSPS) is 12.2. The zero-order valence-electron chi connectivity index (χ0n) is 14.9. The summed E-state index contributed by atoms with van der Waals surface area (Å²) in [6, 6.07) is 10.5. The average molecular weight is 517 g/mol. The van der Waals surface area contributed by atoms with Crippen molar-refractivity contribution in [2.45, 2.75) is 33.2 Å². The van der Waals surface area contributed by atoms with Crippen LogP contribution in [-0.4, -0.2) is 24.0 Å². The summed E-state index contributed by atoms with van der Waals surface area (Å²) in [5, 5.41) is 6.79. The first-order valence-corrected chi connectivity index (χ1v) is 9.10. The maximum Gasteiger partial charge on any atom is 0.191 e. The zero-order valence-corrected chi connectivity index (χ0v) is 18.8. The van der Waals surface area contributed by atoms with E-state index in [1.54, 1.807) is 0 Å². The SMILES string of the molecule is CCNC(=NCCc1ccncc1C)NC(C)c1ccccc1Br.I. The Kier molecular flexibility index (Phi) is 10.0. The van der Waals surface area contributed by atoms with E-state index in [1.165, 1.54) is 16.7 Å². The van der Waals surface area contributed by atoms with Crippen LogP contribution < -0.4 is 10.6 Å². The van der Waals surface area contributed by atoms with Gasteiger partial charge in [-0.25, -0.2) is 0 Å². The minimum atomic E-state index is 0. The highest BCUT2D eigenvalue weighted by atomic mass is 127. The van der Waals surface area contributed by atoms with Crippen molar-refractivity contribution in [3.63, 3.8) is 0 Å². The summed E-state index contributed by atoms with van der Waals surface area (Å²) in [7, 11) is 0. The van der Waals surface area contributed by atoms with Gasteiger partial charge >= 0.3 is 0 Å². The Balaban J connectivity index is 0.00000312. The highest BCUT2D eigenvalue weighted by Crippen LogP contribution is 2.22. The fourth-order valence-corrected chi connectivity index (χ4v) is 3.13. The van der Waals surface area contributed by atoms with Crippen LogP contribution in [0.25, 0.3) is 0 Å². The molecule has 0 aliphatic carbocycles. The van der Waals surface area contributed by atoms with Crippen molar-refractivity contribution in [2.75, 3.05) is 13.1 Å². The van der Waals surface area contributed by atoms with Crippen LogP contribution >= 0.6 is 39.9 Å². The molecule has 136 valence electrons. The Labute approximate surface area is 176 Å². The number of pyridine rings is 1. The highest BCUT2D eigenvalue weighted by molar-refractivity contribution is 14.0. The van der Waals surface area contributed by atoms with Crippen molar-refractivity contribution < 1.29 is 0 Å². The molecule has 1 unspecified atom stereocenters. The van der Waals surface area contributed by atoms with E-state index in [2.05, 4.69) is 76.6 Å². The Morgan fingerprint density at radius 1 is 1.28 bits per heavy atom. The molecule has 0 saturated heterocycles. The predicted octanol–water partition coefficient (Wildman–Crippen LogP) is 4.63. The summed E-state index contributed by atoms with van der Waals surface area (Å²) >= 11 is 3.61. The minimum Gasteiger partial charge on any atom is -0.357 e. The van der Waals surface area contributed by atoms with Crippen molar-refractivity contribution in [1.29, 1.82) is 0 Å². The molecule has 2 rings (SSSR count). The summed E-state index contributed by atoms with van der Waals surface area (Å²) in [5.41, 5.74) is 3.73. The Morgan fingerprint density at radius 2 is 2.04 bits per heavy atom. The van der Waals surface area contributed by atoms with Crippen molar-refractivity contribution in [3.05, 3.63) is 63.9 Å². The van der Waals surface area contributed by atoms with Gasteiger partial charge in [0.15, 0.2) is 5.96 Å². The van der Waals surface area contributed by atoms with E-state index in [0.717, 1.165) is 29.9 Å². The first kappa shape index (κ1) is 21.9. The van der Waals surface area contributed by atoms with Crippen LogP contribution in [0.3, 0.4) is 0 Å². The van der Waals surface area contributed by atoms with E-state index < -0.39 is 0 Å². The predicted molar refractivity (Wildman–Crippen MR) is 120 cm³/mol. The number of aromatic nitrogens is 1. The van der Waals surface area contributed by atoms with E-state index >= 15 is 0 Å². The fraction of sp³-hybridized carbons (Fsp3) is 0.368. The summed E-state index contributed by atoms with van der Waals surface area (Å²) in [5.74, 6) is 0.840. The molecule has 0 spiro atoms. The van der Waals surface area contributed by atoms with Gasteiger partial charge < -0.3 is 10.6 Å². The van der Waals surface area contributed by atoms with Gasteiger partial charge in [0, 0.05) is 30.0 Å². The quantitative estimate of drug-likeness (QED) is 0.334. The molecule has 2 N–H and O–H groups in total. The number of rotatable bonds is 6. The molecule has 1 aromatic carbocycles. The number of hydrogen-bond donors (Lipinski definition) is 2. The van der Waals surface area contributed by atoms with E-state index in [0.29, 0.717) is 0 Å². The van der Waals surface area contributed by atoms with Crippen LogP contribution in [0, 0.1) is 6.92 Å². The third-order valence-corrected chi connectivity index (χ3v) is 4.58. The van der Waals surface area contributed by atoms with Crippen LogP contribution in [0.1, 0.15) is 36.6 Å². The molecule has 4 nitrogen and oxygen atoms in total. The maximum absolute atomic E-state index is 4.70. The topological polar surface area (TPSA) is 49.3 Å². The lowest BCUT2D eigenvalue weighted by Gasteiger charge is -2.19. The second-order valence-corrected chi connectivity index (χ2v) is 6.55. The molecule has 1 aromatic heterocycles. The second-order valence-electron chi connectivity index (χ2n) is 5.70. The van der Waals surface area contributed by atoms with Crippen molar-refractivity contribution >= 4 is 45.9 Å². The molecule has 0 bridgehead atoms. The zero-order chi connectivity index (χ0) is 17.4. The minimum absolute atomic E-state index is 0. The van der Waals surface area contributed by atoms with Crippen LogP contribution in [-0.2, 0) is 6.42 Å². The summed E-state index contributed by atoms with van der Waals surface area (Å²) in [4.78, 5) is 8.84. The number of nitrogens with zero attached hydrogens (tertiary/aromatic N) is 2. The molecule has 0 aliphatic rings. The largest absolute Gasteiger partial charge is 0.357 e. The van der Waals surface area contributed by atoms with Gasteiger partial charge in [0.25, 0.3) is 0 Å². The first-order valence-electron chi connectivity index (χ1n) is 8.30. The lowest BCUT2D eigenvalue weighted by Crippen LogP contribution is -2.39. The van der Waals surface area contributed by atoms with Gasteiger partial charge in [0.1, 0.15) is 0 Å². The molecule has 1 heterocycles. The molecule has 0 aliphatic heterocycles. The lowest BCUT2D eigenvalue weighted by molar-refractivity contribution is 0.683. The van der Waals surface area contributed by atoms with Gasteiger partial charge in [-0.3, -0.25) is 9.98 Å². The lowest BCUT2D eigenvalue weighted by atomic mass is 10.1. The summed E-state index contributed by atoms with van der Waals surface area (Å²) in [6.45, 7) is 7.88. The van der Waals surface area contributed by atoms with Crippen molar-refractivity contribution in [1.82, 2.24) is 15.6 Å². The molecular formula is C19H26BrIN4. The van der Waals surface area contributed by atoms with Gasteiger partial charge in [-0.1, -0.05) is 34.1 Å². The van der Waals surface area contributed by atoms with Crippen molar-refractivity contribution in [2.24, 2.45) is 4.99 Å². The Morgan fingerprint density at radius 3 is 2.72 bits per heavy atom. The van der Waals surface area contributed by atoms with E-state index in [4.69, 9.17) is 4.99 Å². The van der Waals surface area contributed by atoms with Crippen LogP contribution in [0.15, 0.2) is 52.2 Å². The summed E-state index contributed by atoms with van der Waals surface area (Å²) < 4.78 is 1.10. The molecule has 6 heteroatoms. The molecule has 0 fully saturated rings. The molecule has 0 saturated carbocycles. The number of halogens is 2. The van der Waals surface area contributed by atoms with E-state index in [1.807, 2.05) is 18.5 Å². The van der Waals surface area contributed by atoms with Crippen LogP contribution in [0.2, 0.25) is 0 Å². The van der Waals surface area contributed by atoms with Gasteiger partial charge in [-0.15, -0.1) is 24.0 Å². The van der Waals surface area contributed by atoms with Gasteiger partial charge in [-0.2, -0.15) is 0 Å². The number of aliphatic imine (C=N–C) groups is 1. The molecular weight excluding hydrogens is 491 g/mol. The van der Waals surface area contributed by atoms with Gasteiger partial charge in [0.05, 0.1) is 6.04 Å². The van der Waals surface area contributed by atoms with Crippen molar-refractivity contribution in [3.8, 4) is 0 Å². The molecule has 0 radical (unpaired) electrons. The number of guanidine groups is 1. The van der Waals surface area contributed by atoms with E-state index in [9.17, 15) is 0 Å². The van der Waals surface area contributed by atoms with Gasteiger partial charge in [0.2, 0.25) is 0 Å². The number of aryl methyl sites for hydroxylation is 1. The number of benzene rings is 1. The average Bonchev–Trinajstić information content (AvgIpc) is 2.57. The number of nitrogens with one attached hydrogen (secondary N) is 2. The number of hydrogen-bond acceptors (Lipinski definition) is 2. The molecule has 1 atom stereocenters. The summed E-state index contributed by atoms with van der Waals surface area (Å²) in [6.07, 6.45) is 4.65. The molecule has 0 amide bonds. The third kappa shape index (κ3) is 6.93. The monoisotopic (exact) mass is 516 g/mol. The maximum atomic E-state index is 4.70.